The van der Waals surface area contributed by atoms with Crippen LogP contribution in [-0.4, -0.2) is 60.0 Å². The second-order valence-corrected chi connectivity index (χ2v) is 8.79. The summed E-state index contributed by atoms with van der Waals surface area (Å²) in [7, 11) is 0. The smallest absolute Gasteiger partial charge is 0.332 e. The lowest BCUT2D eigenvalue weighted by atomic mass is 10.1. The third-order valence-corrected chi connectivity index (χ3v) is 5.66. The number of carbonyl (C=O) groups excluding carboxylic acids is 2. The maximum Gasteiger partial charge on any atom is 0.332 e. The van der Waals surface area contributed by atoms with Crippen LogP contribution in [0.15, 0.2) is 35.3 Å². The molecule has 3 rings (SSSR count). The largest absolute Gasteiger partial charge is 0.481 e. The van der Waals surface area contributed by atoms with Gasteiger partial charge >= 0.3 is 17.9 Å². The van der Waals surface area contributed by atoms with Crippen LogP contribution in [0.4, 0.5) is 11.6 Å². The molecule has 212 valence electrons. The van der Waals surface area contributed by atoms with Crippen LogP contribution in [0.25, 0.3) is 11.2 Å². The number of unbranched alkanes of at least 4 members (excludes halogenated alkanes) is 2. The number of nitrogens with one attached hydrogen (secondary N) is 2. The summed E-state index contributed by atoms with van der Waals surface area (Å²) in [5.41, 5.74) is 5.68. The van der Waals surface area contributed by atoms with E-state index in [9.17, 15) is 29.1 Å². The number of H-pyrrole nitrogens is 1. The number of carboxylic acid groups (broad SMARTS) is 2. The van der Waals surface area contributed by atoms with Gasteiger partial charge in [-0.2, -0.15) is 4.98 Å². The molecule has 0 aliphatic heterocycles. The Morgan fingerprint density at radius 3 is 2.48 bits per heavy atom. The van der Waals surface area contributed by atoms with E-state index in [1.165, 1.54) is 35.5 Å². The molecule has 0 aliphatic carbocycles. The maximum absolute atomic E-state index is 12.6. The molecule has 1 aromatic carbocycles. The number of carboxylic acids is 2. The number of fused-ring (bicyclic) bond motifs is 1. The third kappa shape index (κ3) is 8.21. The molecule has 2 heterocycles. The first-order chi connectivity index (χ1) is 19.1. The van der Waals surface area contributed by atoms with Crippen LogP contribution in [0, 0.1) is 0 Å². The molecule has 0 unspecified atom stereocenters. The van der Waals surface area contributed by atoms with Gasteiger partial charge in [-0.25, -0.2) is 24.6 Å². The zero-order valence-corrected chi connectivity index (χ0v) is 21.6. The molecule has 0 bridgehead atoms. The van der Waals surface area contributed by atoms with E-state index in [0.717, 1.165) is 12.8 Å². The Bertz CT molecular complexity index is 1440. The van der Waals surface area contributed by atoms with E-state index < -0.39 is 41.8 Å². The highest BCUT2D eigenvalue weighted by atomic mass is 16.7. The van der Waals surface area contributed by atoms with Gasteiger partial charge in [-0.3, -0.25) is 19.4 Å². The SMILES string of the molecule is CCCCCC(=O)ON(Cc1cnc2nc(N)[nH]c(=O)c2n1)c1ccc(C(=O)N[C@@H](CCC(=O)O)C(=O)O)cc1. The van der Waals surface area contributed by atoms with Crippen molar-refractivity contribution in [3.63, 3.8) is 0 Å². The molecular weight excluding hydrogens is 526 g/mol. The van der Waals surface area contributed by atoms with Crippen LogP contribution < -0.4 is 21.7 Å². The standard InChI is InChI=1S/C25H29N7O8/c1-2-3-4-5-19(35)40-32(13-15-12-27-21-20(28-15)23(37)31-25(26)30-21)16-8-6-14(7-9-16)22(36)29-17(24(38)39)10-11-18(33)34/h6-9,12,17H,2-5,10-11,13H2,1H3,(H,29,36)(H,33,34)(H,38,39)(H3,26,27,30,31,37)/t17-/m0/s1. The van der Waals surface area contributed by atoms with E-state index in [0.29, 0.717) is 12.1 Å². The fourth-order valence-electron chi connectivity index (χ4n) is 3.60. The minimum absolute atomic E-state index is 0.0477. The van der Waals surface area contributed by atoms with Gasteiger partial charge in [0.25, 0.3) is 11.5 Å². The number of nitrogens with zero attached hydrogens (tertiary/aromatic N) is 4. The molecule has 0 saturated carbocycles. The van der Waals surface area contributed by atoms with Crippen molar-refractivity contribution in [3.8, 4) is 0 Å². The summed E-state index contributed by atoms with van der Waals surface area (Å²) in [6, 6.07) is 4.35. The minimum Gasteiger partial charge on any atom is -0.481 e. The van der Waals surface area contributed by atoms with Gasteiger partial charge in [-0.1, -0.05) is 19.8 Å². The van der Waals surface area contributed by atoms with Crippen LogP contribution in [0.2, 0.25) is 0 Å². The van der Waals surface area contributed by atoms with E-state index in [-0.39, 0.29) is 47.8 Å². The summed E-state index contributed by atoms with van der Waals surface area (Å²) in [6.45, 7) is 1.90. The summed E-state index contributed by atoms with van der Waals surface area (Å²) < 4.78 is 0. The van der Waals surface area contributed by atoms with E-state index >= 15 is 0 Å². The topological polar surface area (TPSA) is 231 Å². The first-order valence-electron chi connectivity index (χ1n) is 12.4. The number of benzene rings is 1. The molecule has 0 radical (unpaired) electrons. The Morgan fingerprint density at radius 1 is 1.10 bits per heavy atom. The second-order valence-electron chi connectivity index (χ2n) is 8.79. The Kier molecular flexibility index (Phi) is 10.0. The Morgan fingerprint density at radius 2 is 1.82 bits per heavy atom. The molecule has 6 N–H and O–H groups in total. The highest BCUT2D eigenvalue weighted by molar-refractivity contribution is 5.97. The van der Waals surface area contributed by atoms with Crippen LogP contribution in [0.5, 0.6) is 0 Å². The number of hydrogen-bond donors (Lipinski definition) is 5. The van der Waals surface area contributed by atoms with Crippen LogP contribution in [0.1, 0.15) is 61.5 Å². The van der Waals surface area contributed by atoms with Crippen molar-refractivity contribution < 1.29 is 34.2 Å². The zero-order valence-electron chi connectivity index (χ0n) is 21.6. The predicted octanol–water partition coefficient (Wildman–Crippen LogP) is 1.39. The molecule has 3 aromatic rings. The molecule has 0 saturated heterocycles. The van der Waals surface area contributed by atoms with Gasteiger partial charge in [-0.15, -0.1) is 0 Å². The van der Waals surface area contributed by atoms with Gasteiger partial charge in [-0.05, 0) is 37.1 Å². The van der Waals surface area contributed by atoms with Crippen molar-refractivity contribution in [1.82, 2.24) is 25.3 Å². The fraction of sp³-hybridized carbons (Fsp3) is 0.360. The molecule has 1 atom stereocenters. The van der Waals surface area contributed by atoms with Gasteiger partial charge in [0.15, 0.2) is 11.2 Å². The van der Waals surface area contributed by atoms with Crippen molar-refractivity contribution in [2.24, 2.45) is 0 Å². The molecule has 40 heavy (non-hydrogen) atoms. The summed E-state index contributed by atoms with van der Waals surface area (Å²) in [5, 5.41) is 21.6. The molecular formula is C25H29N7O8. The molecule has 15 nitrogen and oxygen atoms in total. The van der Waals surface area contributed by atoms with Crippen molar-refractivity contribution in [2.45, 2.75) is 58.0 Å². The summed E-state index contributed by atoms with van der Waals surface area (Å²) in [5.74, 6) is -3.88. The van der Waals surface area contributed by atoms with Gasteiger partial charge < -0.3 is 26.1 Å². The number of nitrogen functional groups attached to an aromatic ring is 1. The molecule has 0 spiro atoms. The molecule has 0 aliphatic rings. The van der Waals surface area contributed by atoms with Crippen LogP contribution in [0.3, 0.4) is 0 Å². The zero-order chi connectivity index (χ0) is 29.2. The van der Waals surface area contributed by atoms with E-state index in [1.807, 2.05) is 6.92 Å². The number of aromatic amines is 1. The lowest BCUT2D eigenvalue weighted by Crippen LogP contribution is -2.41. The molecule has 0 fully saturated rings. The molecule has 1 amide bonds. The van der Waals surface area contributed by atoms with Gasteiger partial charge in [0, 0.05) is 18.4 Å². The Balaban J connectivity index is 1.82. The lowest BCUT2D eigenvalue weighted by Gasteiger charge is -2.23. The summed E-state index contributed by atoms with van der Waals surface area (Å²) in [4.78, 5) is 79.8. The average molecular weight is 556 g/mol. The average Bonchev–Trinajstić information content (AvgIpc) is 2.90. The minimum atomic E-state index is -1.39. The number of aromatic nitrogens is 4. The van der Waals surface area contributed by atoms with Gasteiger partial charge in [0.05, 0.1) is 17.6 Å². The number of aliphatic carboxylic acids is 2. The normalized spacial score (nSPS) is 11.5. The van der Waals surface area contributed by atoms with Crippen molar-refractivity contribution >= 4 is 46.6 Å². The number of rotatable bonds is 14. The first kappa shape index (κ1) is 29.5. The molecule has 2 aromatic heterocycles. The van der Waals surface area contributed by atoms with Gasteiger partial charge in [0.1, 0.15) is 12.6 Å². The number of nitrogens with two attached hydrogens (primary N) is 1. The van der Waals surface area contributed by atoms with Gasteiger partial charge in [0.2, 0.25) is 5.95 Å². The number of hydroxylamine groups is 1. The third-order valence-electron chi connectivity index (χ3n) is 5.66. The Labute approximate surface area is 227 Å². The highest BCUT2D eigenvalue weighted by Gasteiger charge is 2.22. The fourth-order valence-corrected chi connectivity index (χ4v) is 3.60. The number of carbonyl (C=O) groups is 4. The van der Waals surface area contributed by atoms with Crippen molar-refractivity contribution in [3.05, 3.63) is 52.1 Å². The second kappa shape index (κ2) is 13.6. The van der Waals surface area contributed by atoms with Crippen molar-refractivity contribution in [1.29, 1.82) is 0 Å². The summed E-state index contributed by atoms with van der Waals surface area (Å²) >= 11 is 0. The first-order valence-corrected chi connectivity index (χ1v) is 12.4. The van der Waals surface area contributed by atoms with E-state index in [4.69, 9.17) is 15.7 Å². The quantitative estimate of drug-likeness (QED) is 0.140. The number of hydrogen-bond acceptors (Lipinski definition) is 11. The monoisotopic (exact) mass is 555 g/mol. The van der Waals surface area contributed by atoms with Crippen LogP contribution in [-0.2, 0) is 25.8 Å². The number of anilines is 2. The summed E-state index contributed by atoms with van der Waals surface area (Å²) in [6.07, 6.45) is 3.21. The van der Waals surface area contributed by atoms with Crippen LogP contribution >= 0.6 is 0 Å². The van der Waals surface area contributed by atoms with E-state index in [2.05, 4.69) is 25.3 Å². The highest BCUT2D eigenvalue weighted by Crippen LogP contribution is 2.20. The number of amides is 1. The predicted molar refractivity (Wildman–Crippen MR) is 141 cm³/mol. The van der Waals surface area contributed by atoms with E-state index in [1.54, 1.807) is 0 Å². The lowest BCUT2D eigenvalue weighted by molar-refractivity contribution is -0.146. The molecule has 15 heteroatoms. The maximum atomic E-state index is 12.6. The van der Waals surface area contributed by atoms with Crippen molar-refractivity contribution in [2.75, 3.05) is 10.8 Å². The Hall–Kier alpha value is -5.08.